The number of aromatic nitrogens is 3. The largest absolute Gasteiger partial charge is 0.495 e. The third-order valence-corrected chi connectivity index (χ3v) is 5.87. The van der Waals surface area contributed by atoms with E-state index in [-0.39, 0.29) is 17.7 Å². The molecule has 162 valence electrons. The monoisotopic (exact) mass is 430 g/mol. The predicted octanol–water partition coefficient (Wildman–Crippen LogP) is 3.58. The van der Waals surface area contributed by atoms with E-state index >= 15 is 0 Å². The molecule has 32 heavy (non-hydrogen) atoms. The maximum Gasteiger partial charge on any atom is 0.234 e. The van der Waals surface area contributed by atoms with Crippen LogP contribution in [0, 0.1) is 6.92 Å². The van der Waals surface area contributed by atoms with Gasteiger partial charge < -0.3 is 9.15 Å². The van der Waals surface area contributed by atoms with Crippen LogP contribution in [0.15, 0.2) is 53.5 Å². The van der Waals surface area contributed by atoms with Crippen molar-refractivity contribution in [1.29, 1.82) is 0 Å². The van der Waals surface area contributed by atoms with Crippen molar-refractivity contribution in [2.75, 3.05) is 7.11 Å². The molecule has 8 nitrogen and oxygen atoms in total. The average Bonchev–Trinajstić information content (AvgIpc) is 3.41. The minimum Gasteiger partial charge on any atom is -0.495 e. The first-order valence-corrected chi connectivity index (χ1v) is 10.4. The molecule has 5 rings (SSSR count). The molecule has 2 amide bonds. The van der Waals surface area contributed by atoms with Crippen LogP contribution in [0.2, 0.25) is 0 Å². The van der Waals surface area contributed by atoms with Crippen molar-refractivity contribution in [3.05, 3.63) is 65.9 Å². The third kappa shape index (κ3) is 3.64. The summed E-state index contributed by atoms with van der Waals surface area (Å²) in [7, 11) is 1.61. The van der Waals surface area contributed by atoms with E-state index in [4.69, 9.17) is 9.15 Å². The predicted molar refractivity (Wildman–Crippen MR) is 117 cm³/mol. The lowest BCUT2D eigenvalue weighted by Gasteiger charge is -2.20. The minimum absolute atomic E-state index is 0.223. The first-order chi connectivity index (χ1) is 15.5. The Balaban J connectivity index is 1.42. The molecule has 1 fully saturated rings. The highest BCUT2D eigenvalue weighted by molar-refractivity contribution is 6.03. The van der Waals surface area contributed by atoms with E-state index in [1.165, 1.54) is 0 Å². The number of carbonyl (C=O) groups is 2. The van der Waals surface area contributed by atoms with Crippen molar-refractivity contribution in [2.45, 2.75) is 32.2 Å². The lowest BCUT2D eigenvalue weighted by molar-refractivity contribution is -0.134. The molecule has 1 unspecified atom stereocenters. The number of ether oxygens (including phenoxy) is 1. The van der Waals surface area contributed by atoms with Gasteiger partial charge in [-0.2, -0.15) is 5.10 Å². The van der Waals surface area contributed by atoms with Gasteiger partial charge in [0, 0.05) is 29.1 Å². The van der Waals surface area contributed by atoms with Gasteiger partial charge in [-0.05, 0) is 48.7 Å². The Hall–Kier alpha value is -3.94. The highest BCUT2D eigenvalue weighted by Crippen LogP contribution is 2.36. The number of hydrogen-bond acceptors (Lipinski definition) is 6. The topological polar surface area (TPSA) is 99.2 Å². The smallest absolute Gasteiger partial charge is 0.234 e. The van der Waals surface area contributed by atoms with E-state index in [2.05, 4.69) is 15.4 Å². The van der Waals surface area contributed by atoms with Crippen LogP contribution in [0.25, 0.3) is 22.1 Å². The van der Waals surface area contributed by atoms with Crippen LogP contribution < -0.4 is 10.1 Å². The second kappa shape index (κ2) is 7.96. The van der Waals surface area contributed by atoms with E-state index in [1.807, 2.05) is 48.3 Å². The van der Waals surface area contributed by atoms with Crippen LogP contribution in [0.1, 0.15) is 35.6 Å². The van der Waals surface area contributed by atoms with Crippen LogP contribution in [-0.4, -0.2) is 33.7 Å². The first kappa shape index (κ1) is 20.0. The number of piperidine rings is 1. The highest BCUT2D eigenvalue weighted by atomic mass is 16.5. The number of amides is 2. The van der Waals surface area contributed by atoms with Crippen LogP contribution >= 0.6 is 0 Å². The van der Waals surface area contributed by atoms with Gasteiger partial charge in [-0.3, -0.25) is 24.6 Å². The van der Waals surface area contributed by atoms with E-state index < -0.39 is 0 Å². The van der Waals surface area contributed by atoms with Gasteiger partial charge in [0.15, 0.2) is 0 Å². The summed E-state index contributed by atoms with van der Waals surface area (Å²) in [6, 6.07) is 7.81. The summed E-state index contributed by atoms with van der Waals surface area (Å²) in [5.41, 5.74) is 5.44. The average molecular weight is 430 g/mol. The summed E-state index contributed by atoms with van der Waals surface area (Å²) in [6.45, 7) is 2.57. The number of imide groups is 1. The molecule has 1 atom stereocenters. The normalized spacial score (nSPS) is 16.4. The summed E-state index contributed by atoms with van der Waals surface area (Å²) in [4.78, 5) is 28.2. The Bertz CT molecular complexity index is 1320. The molecule has 3 aromatic heterocycles. The molecule has 0 saturated carbocycles. The van der Waals surface area contributed by atoms with Gasteiger partial charge in [0.05, 0.1) is 43.9 Å². The Morgan fingerprint density at radius 1 is 1.25 bits per heavy atom. The second-order valence-corrected chi connectivity index (χ2v) is 7.97. The lowest BCUT2D eigenvalue weighted by atomic mass is 9.89. The second-order valence-electron chi connectivity index (χ2n) is 7.97. The van der Waals surface area contributed by atoms with Gasteiger partial charge >= 0.3 is 0 Å². The van der Waals surface area contributed by atoms with E-state index in [1.54, 1.807) is 19.6 Å². The van der Waals surface area contributed by atoms with Gasteiger partial charge in [0.1, 0.15) is 11.3 Å². The number of carbonyl (C=O) groups excluding carboxylic acids is 2. The fraction of sp³-hybridized carbons (Fsp3) is 0.250. The minimum atomic E-state index is -0.376. The zero-order valence-electron chi connectivity index (χ0n) is 17.8. The molecule has 1 aliphatic heterocycles. The molecular weight excluding hydrogens is 408 g/mol. The summed E-state index contributed by atoms with van der Waals surface area (Å²) in [5, 5.41) is 7.80. The molecular formula is C24H22N4O4. The molecule has 1 aromatic carbocycles. The maximum atomic E-state index is 12.3. The fourth-order valence-corrected chi connectivity index (χ4v) is 4.15. The number of hydrogen-bond donors (Lipinski definition) is 1. The zero-order chi connectivity index (χ0) is 22.2. The number of fused-ring (bicyclic) bond motifs is 1. The number of benzene rings is 1. The number of rotatable bonds is 5. The van der Waals surface area contributed by atoms with Gasteiger partial charge in [0.25, 0.3) is 0 Å². The molecule has 1 saturated heterocycles. The molecule has 1 N–H and O–H groups in total. The van der Waals surface area contributed by atoms with Crippen LogP contribution in [-0.2, 0) is 16.1 Å². The van der Waals surface area contributed by atoms with Crippen LogP contribution in [0.4, 0.5) is 0 Å². The zero-order valence-corrected chi connectivity index (χ0v) is 17.8. The first-order valence-electron chi connectivity index (χ1n) is 10.4. The van der Waals surface area contributed by atoms with E-state index in [0.29, 0.717) is 30.7 Å². The summed E-state index contributed by atoms with van der Waals surface area (Å²) in [6.07, 6.45) is 7.95. The Morgan fingerprint density at radius 3 is 2.88 bits per heavy atom. The molecule has 0 aliphatic carbocycles. The summed E-state index contributed by atoms with van der Waals surface area (Å²) < 4.78 is 12.8. The van der Waals surface area contributed by atoms with Crippen molar-refractivity contribution in [2.24, 2.45) is 0 Å². The molecule has 4 heterocycles. The van der Waals surface area contributed by atoms with Crippen molar-refractivity contribution in [1.82, 2.24) is 20.1 Å². The Labute approximate surface area is 184 Å². The maximum absolute atomic E-state index is 12.3. The van der Waals surface area contributed by atoms with Gasteiger partial charge in [0.2, 0.25) is 11.8 Å². The van der Waals surface area contributed by atoms with Crippen molar-refractivity contribution in [3.63, 3.8) is 0 Å². The molecule has 4 aromatic rings. The van der Waals surface area contributed by atoms with Crippen molar-refractivity contribution in [3.8, 4) is 16.9 Å². The third-order valence-electron chi connectivity index (χ3n) is 5.87. The highest BCUT2D eigenvalue weighted by Gasteiger charge is 2.30. The van der Waals surface area contributed by atoms with Crippen molar-refractivity contribution < 1.29 is 18.7 Å². The standard InChI is InChI=1S/C24H22N4O4/c1-14-7-20-21(18-5-6-23(29)27-24(18)30)13-32-22(20)8-19(14)15-9-26-28(11-15)12-16-3-4-17(31-2)10-25-16/h3-4,7-11,13,18H,5-6,12H2,1-2H3,(H,27,29,30). The lowest BCUT2D eigenvalue weighted by Crippen LogP contribution is -2.39. The van der Waals surface area contributed by atoms with Crippen LogP contribution in [0.3, 0.4) is 0 Å². The fourth-order valence-electron chi connectivity index (χ4n) is 4.15. The molecule has 0 spiro atoms. The van der Waals surface area contributed by atoms with Crippen LogP contribution in [0.5, 0.6) is 5.75 Å². The molecule has 8 heteroatoms. The van der Waals surface area contributed by atoms with Gasteiger partial charge in [-0.25, -0.2) is 0 Å². The number of furan rings is 1. The Kier molecular flexibility index (Phi) is 4.97. The van der Waals surface area contributed by atoms with Gasteiger partial charge in [-0.1, -0.05) is 0 Å². The molecule has 0 bridgehead atoms. The van der Waals surface area contributed by atoms with E-state index in [0.717, 1.165) is 33.3 Å². The quantitative estimate of drug-likeness (QED) is 0.486. The number of nitrogens with one attached hydrogen (secondary N) is 1. The summed E-state index contributed by atoms with van der Waals surface area (Å²) >= 11 is 0. The number of aryl methyl sites for hydroxylation is 1. The molecule has 0 radical (unpaired) electrons. The number of methoxy groups -OCH3 is 1. The number of pyridine rings is 1. The number of nitrogens with zero attached hydrogens (tertiary/aromatic N) is 3. The van der Waals surface area contributed by atoms with E-state index in [9.17, 15) is 9.59 Å². The van der Waals surface area contributed by atoms with Crippen molar-refractivity contribution >= 4 is 22.8 Å². The Morgan fingerprint density at radius 2 is 2.12 bits per heavy atom. The molecule has 1 aliphatic rings. The SMILES string of the molecule is COc1ccc(Cn2cc(-c3cc4occ(C5CCC(=O)NC5=O)c4cc3C)cn2)nc1. The van der Waals surface area contributed by atoms with Gasteiger partial charge in [-0.15, -0.1) is 0 Å². The summed E-state index contributed by atoms with van der Waals surface area (Å²) in [5.74, 6) is -0.147.